The molecule has 0 saturated carbocycles. The van der Waals surface area contributed by atoms with E-state index in [1.807, 2.05) is 36.4 Å². The van der Waals surface area contributed by atoms with Crippen molar-refractivity contribution in [1.29, 1.82) is 0 Å². The van der Waals surface area contributed by atoms with Crippen LogP contribution in [0.5, 0.6) is 0 Å². The van der Waals surface area contributed by atoms with E-state index in [1.54, 1.807) is 0 Å². The Kier molecular flexibility index (Phi) is 6.37. The van der Waals surface area contributed by atoms with Crippen molar-refractivity contribution in [2.24, 2.45) is 0 Å². The van der Waals surface area contributed by atoms with Crippen LogP contribution in [0.25, 0.3) is 0 Å². The van der Waals surface area contributed by atoms with Gasteiger partial charge in [-0.2, -0.15) is 0 Å². The fraction of sp³-hybridized carbons (Fsp3) is 0.0909. The molecule has 0 saturated heterocycles. The smallest absolute Gasteiger partial charge is 0.0507 e. The topological polar surface area (TPSA) is 0 Å². The van der Waals surface area contributed by atoms with Gasteiger partial charge in [0, 0.05) is 19.5 Å². The van der Waals surface area contributed by atoms with Gasteiger partial charge in [-0.25, -0.2) is 0 Å². The maximum absolute atomic E-state index is 5.96. The minimum atomic E-state index is 0.0879. The molecule has 3 aromatic rings. The molecule has 0 N–H and O–H groups in total. The molecule has 0 aliphatic carbocycles. The first-order chi connectivity index (χ1) is 12.1. The molecule has 0 aromatic heterocycles. The van der Waals surface area contributed by atoms with Gasteiger partial charge in [0.2, 0.25) is 0 Å². The zero-order valence-corrected chi connectivity index (χ0v) is 17.3. The van der Waals surface area contributed by atoms with Crippen molar-refractivity contribution in [3.05, 3.63) is 103 Å². The summed E-state index contributed by atoms with van der Waals surface area (Å²) in [5, 5.41) is 0.723. The van der Waals surface area contributed by atoms with Crippen LogP contribution >= 0.6 is 43.5 Å². The molecule has 0 spiro atoms. The highest BCUT2D eigenvalue weighted by molar-refractivity contribution is 9.10. The van der Waals surface area contributed by atoms with Gasteiger partial charge in [0.05, 0.1) is 5.92 Å². The van der Waals surface area contributed by atoms with Gasteiger partial charge < -0.3 is 0 Å². The summed E-state index contributed by atoms with van der Waals surface area (Å²) in [5.41, 5.74) is 3.40. The summed E-state index contributed by atoms with van der Waals surface area (Å²) in [6.07, 6.45) is 0.838. The predicted octanol–water partition coefficient (Wildman–Crippen LogP) is 7.24. The van der Waals surface area contributed by atoms with Crippen LogP contribution in [-0.2, 0) is 6.42 Å². The Labute approximate surface area is 170 Å². The van der Waals surface area contributed by atoms with E-state index < -0.39 is 0 Å². The van der Waals surface area contributed by atoms with Crippen molar-refractivity contribution in [1.82, 2.24) is 0 Å². The minimum Gasteiger partial charge on any atom is -0.0893 e. The van der Waals surface area contributed by atoms with Crippen LogP contribution < -0.4 is 0 Å². The molecule has 3 heteroatoms. The highest BCUT2D eigenvalue weighted by Crippen LogP contribution is 2.30. The van der Waals surface area contributed by atoms with E-state index in [-0.39, 0.29) is 5.92 Å². The molecule has 0 aliphatic rings. The molecular formula is C22H15Br2Cl. The van der Waals surface area contributed by atoms with E-state index in [9.17, 15) is 0 Å². The highest BCUT2D eigenvalue weighted by Gasteiger charge is 2.14. The maximum atomic E-state index is 5.96. The van der Waals surface area contributed by atoms with Gasteiger partial charge >= 0.3 is 0 Å². The van der Waals surface area contributed by atoms with E-state index in [0.717, 1.165) is 26.0 Å². The number of rotatable bonds is 3. The molecule has 3 aromatic carbocycles. The first-order valence-electron chi connectivity index (χ1n) is 7.88. The molecular weight excluding hydrogens is 460 g/mol. The quantitative estimate of drug-likeness (QED) is 0.351. The zero-order chi connectivity index (χ0) is 17.6. The van der Waals surface area contributed by atoms with E-state index in [4.69, 9.17) is 11.6 Å². The Morgan fingerprint density at radius 2 is 1.44 bits per heavy atom. The summed E-state index contributed by atoms with van der Waals surface area (Å²) in [4.78, 5) is 0. The molecule has 3 rings (SSSR count). The lowest BCUT2D eigenvalue weighted by Gasteiger charge is -2.14. The van der Waals surface area contributed by atoms with Gasteiger partial charge in [-0.05, 0) is 53.9 Å². The molecule has 1 atom stereocenters. The second-order valence-corrected chi connectivity index (χ2v) is 7.79. The molecule has 0 amide bonds. The lowest BCUT2D eigenvalue weighted by molar-refractivity contribution is 0.854. The SMILES string of the molecule is Clc1ccc(C#CC(Cc2ccccc2Br)c2ccccc2Br)cc1. The molecule has 1 unspecified atom stereocenters. The standard InChI is InChI=1S/C22H15Br2Cl/c23-21-7-3-1-5-18(21)15-17(20-6-2-4-8-22(20)24)12-9-16-10-13-19(25)14-11-16/h1-8,10-11,13-14,17H,15H2. The van der Waals surface area contributed by atoms with Gasteiger partial charge in [-0.3, -0.25) is 0 Å². The largest absolute Gasteiger partial charge is 0.0893 e. The first kappa shape index (κ1) is 18.3. The van der Waals surface area contributed by atoms with Gasteiger partial charge in [0.1, 0.15) is 0 Å². The fourth-order valence-electron chi connectivity index (χ4n) is 2.58. The van der Waals surface area contributed by atoms with Gasteiger partial charge in [-0.15, -0.1) is 0 Å². The van der Waals surface area contributed by atoms with Crippen LogP contribution in [0.1, 0.15) is 22.6 Å². The summed E-state index contributed by atoms with van der Waals surface area (Å²) in [6, 6.07) is 24.2. The lowest BCUT2D eigenvalue weighted by Crippen LogP contribution is -2.02. The van der Waals surface area contributed by atoms with E-state index in [1.165, 1.54) is 11.1 Å². The third-order valence-corrected chi connectivity index (χ3v) is 5.65. The van der Waals surface area contributed by atoms with Crippen LogP contribution in [0, 0.1) is 11.8 Å². The maximum Gasteiger partial charge on any atom is 0.0507 e. The number of benzene rings is 3. The number of halogens is 3. The van der Waals surface area contributed by atoms with Crippen molar-refractivity contribution >= 4 is 43.5 Å². The molecule has 0 radical (unpaired) electrons. The van der Waals surface area contributed by atoms with E-state index in [2.05, 4.69) is 80.1 Å². The summed E-state index contributed by atoms with van der Waals surface area (Å²) < 4.78 is 2.19. The average molecular weight is 475 g/mol. The Hall–Kier alpha value is -1.53. The molecule has 25 heavy (non-hydrogen) atoms. The van der Waals surface area contributed by atoms with Crippen LogP contribution in [-0.4, -0.2) is 0 Å². The molecule has 0 heterocycles. The molecule has 0 aliphatic heterocycles. The Bertz CT molecular complexity index is 921. The Balaban J connectivity index is 1.97. The predicted molar refractivity (Wildman–Crippen MR) is 113 cm³/mol. The monoisotopic (exact) mass is 472 g/mol. The van der Waals surface area contributed by atoms with Crippen LogP contribution in [0.15, 0.2) is 81.7 Å². The Morgan fingerprint density at radius 1 is 0.800 bits per heavy atom. The van der Waals surface area contributed by atoms with Crippen molar-refractivity contribution in [2.45, 2.75) is 12.3 Å². The van der Waals surface area contributed by atoms with Crippen molar-refractivity contribution in [2.75, 3.05) is 0 Å². The first-order valence-corrected chi connectivity index (χ1v) is 9.85. The lowest BCUT2D eigenvalue weighted by atomic mass is 9.92. The molecule has 124 valence electrons. The molecule has 0 bridgehead atoms. The third-order valence-electron chi connectivity index (χ3n) is 3.90. The average Bonchev–Trinajstić information content (AvgIpc) is 2.62. The normalized spacial score (nSPS) is 11.5. The zero-order valence-electron chi connectivity index (χ0n) is 13.3. The van der Waals surface area contributed by atoms with Crippen LogP contribution in [0.3, 0.4) is 0 Å². The van der Waals surface area contributed by atoms with Gasteiger partial charge in [-0.1, -0.05) is 91.7 Å². The summed E-state index contributed by atoms with van der Waals surface area (Å²) >= 11 is 13.3. The van der Waals surface area contributed by atoms with E-state index in [0.29, 0.717) is 0 Å². The van der Waals surface area contributed by atoms with E-state index >= 15 is 0 Å². The fourth-order valence-corrected chi connectivity index (χ4v) is 3.72. The number of hydrogen-bond donors (Lipinski definition) is 0. The summed E-state index contributed by atoms with van der Waals surface area (Å²) in [5.74, 6) is 6.82. The molecule has 0 fully saturated rings. The summed E-state index contributed by atoms with van der Waals surface area (Å²) in [6.45, 7) is 0. The van der Waals surface area contributed by atoms with Crippen LogP contribution in [0.2, 0.25) is 5.02 Å². The van der Waals surface area contributed by atoms with Crippen molar-refractivity contribution < 1.29 is 0 Å². The summed E-state index contributed by atoms with van der Waals surface area (Å²) in [7, 11) is 0. The van der Waals surface area contributed by atoms with Gasteiger partial charge in [0.15, 0.2) is 0 Å². The van der Waals surface area contributed by atoms with Crippen molar-refractivity contribution in [3.8, 4) is 11.8 Å². The minimum absolute atomic E-state index is 0.0879. The second kappa shape index (κ2) is 8.72. The number of hydrogen-bond acceptors (Lipinski definition) is 0. The highest BCUT2D eigenvalue weighted by atomic mass is 79.9. The third kappa shape index (κ3) is 4.98. The molecule has 0 nitrogen and oxygen atoms in total. The Morgan fingerprint density at radius 3 is 2.12 bits per heavy atom. The van der Waals surface area contributed by atoms with Crippen molar-refractivity contribution in [3.63, 3.8) is 0 Å². The van der Waals surface area contributed by atoms with Gasteiger partial charge in [0.25, 0.3) is 0 Å². The second-order valence-electron chi connectivity index (χ2n) is 5.65. The van der Waals surface area contributed by atoms with Crippen LogP contribution in [0.4, 0.5) is 0 Å².